The molecule has 0 fully saturated rings. The van der Waals surface area contributed by atoms with Crippen molar-refractivity contribution < 1.29 is 4.79 Å². The molecule has 1 aromatic heterocycles. The molecule has 3 heteroatoms. The highest BCUT2D eigenvalue weighted by Gasteiger charge is 2.22. The van der Waals surface area contributed by atoms with Crippen molar-refractivity contribution in [1.29, 1.82) is 0 Å². The van der Waals surface area contributed by atoms with Crippen molar-refractivity contribution >= 4 is 17.1 Å². The van der Waals surface area contributed by atoms with Gasteiger partial charge in [0.2, 0.25) is 0 Å². The van der Waals surface area contributed by atoms with Gasteiger partial charge in [-0.3, -0.25) is 9.69 Å². The third-order valence-electron chi connectivity index (χ3n) is 3.78. The number of ketones is 1. The number of benzene rings is 1. The molecule has 1 heterocycles. The first-order chi connectivity index (χ1) is 10.4. The molecule has 0 saturated heterocycles. The highest BCUT2D eigenvalue weighted by atomic mass is 32.1. The van der Waals surface area contributed by atoms with E-state index in [4.69, 9.17) is 0 Å². The van der Waals surface area contributed by atoms with Crippen LogP contribution < -0.4 is 0 Å². The molecule has 22 heavy (non-hydrogen) atoms. The predicted octanol–water partition coefficient (Wildman–Crippen LogP) is 4.93. The molecule has 2 rings (SSSR count). The molecular formula is C19H25NOS. The van der Waals surface area contributed by atoms with E-state index in [2.05, 4.69) is 49.9 Å². The average Bonchev–Trinajstić information content (AvgIpc) is 2.89. The van der Waals surface area contributed by atoms with Crippen LogP contribution in [0.1, 0.15) is 48.0 Å². The minimum atomic E-state index is 0.0431. The molecule has 1 aromatic carbocycles. The van der Waals surface area contributed by atoms with E-state index in [9.17, 15) is 4.79 Å². The Bertz CT molecular complexity index is 610. The molecule has 118 valence electrons. The van der Waals surface area contributed by atoms with E-state index in [1.807, 2.05) is 24.4 Å². The van der Waals surface area contributed by atoms with Crippen LogP contribution in [-0.2, 0) is 6.54 Å². The van der Waals surface area contributed by atoms with Crippen LogP contribution in [0.4, 0.5) is 0 Å². The van der Waals surface area contributed by atoms with Gasteiger partial charge in [-0.05, 0) is 50.3 Å². The van der Waals surface area contributed by atoms with Crippen LogP contribution in [0.5, 0.6) is 0 Å². The molecular weight excluding hydrogens is 290 g/mol. The summed E-state index contributed by atoms with van der Waals surface area (Å²) in [5.41, 5.74) is 2.50. The van der Waals surface area contributed by atoms with Gasteiger partial charge in [-0.15, -0.1) is 11.3 Å². The molecule has 0 atom stereocenters. The van der Waals surface area contributed by atoms with Crippen LogP contribution in [-0.4, -0.2) is 22.8 Å². The summed E-state index contributed by atoms with van der Waals surface area (Å²) in [5, 5.41) is 2.04. The van der Waals surface area contributed by atoms with Crippen LogP contribution in [0.15, 0.2) is 41.8 Å². The number of thiophene rings is 1. The molecule has 0 aliphatic carbocycles. The van der Waals surface area contributed by atoms with Gasteiger partial charge in [-0.2, -0.15) is 0 Å². The topological polar surface area (TPSA) is 20.3 Å². The highest BCUT2D eigenvalue weighted by molar-refractivity contribution is 7.12. The highest BCUT2D eigenvalue weighted by Crippen LogP contribution is 2.20. The number of aryl methyl sites for hydroxylation is 1. The number of rotatable bonds is 6. The number of carbonyl (C=O) groups excluding carboxylic acids is 1. The van der Waals surface area contributed by atoms with E-state index in [0.717, 1.165) is 18.0 Å². The van der Waals surface area contributed by atoms with Crippen molar-refractivity contribution in [2.75, 3.05) is 6.54 Å². The molecule has 0 amide bonds. The molecule has 0 radical (unpaired) electrons. The van der Waals surface area contributed by atoms with Crippen LogP contribution in [0.2, 0.25) is 0 Å². The maximum absolute atomic E-state index is 12.3. The Balaban J connectivity index is 2.00. The van der Waals surface area contributed by atoms with Crippen molar-refractivity contribution in [3.8, 4) is 0 Å². The lowest BCUT2D eigenvalue weighted by atomic mass is 10.0. The first kappa shape index (κ1) is 16.9. The van der Waals surface area contributed by atoms with Gasteiger partial charge in [0.15, 0.2) is 5.78 Å². The molecule has 0 N–H and O–H groups in total. The molecule has 0 saturated carbocycles. The SMILES string of the molecule is Cc1csc(C(=O)CCN(Cc2ccccc2)C(C)(C)C)c1. The Morgan fingerprint density at radius 1 is 1.18 bits per heavy atom. The summed E-state index contributed by atoms with van der Waals surface area (Å²) >= 11 is 1.55. The second kappa shape index (κ2) is 7.21. The van der Waals surface area contributed by atoms with E-state index < -0.39 is 0 Å². The third-order valence-corrected chi connectivity index (χ3v) is 4.87. The number of nitrogens with zero attached hydrogens (tertiary/aromatic N) is 1. The van der Waals surface area contributed by atoms with Gasteiger partial charge in [-0.25, -0.2) is 0 Å². The van der Waals surface area contributed by atoms with E-state index in [-0.39, 0.29) is 11.3 Å². The van der Waals surface area contributed by atoms with E-state index in [1.54, 1.807) is 11.3 Å². The molecule has 0 unspecified atom stereocenters. The zero-order valence-corrected chi connectivity index (χ0v) is 14.7. The van der Waals surface area contributed by atoms with Gasteiger partial charge in [0, 0.05) is 25.0 Å². The summed E-state index contributed by atoms with van der Waals surface area (Å²) in [4.78, 5) is 15.6. The maximum atomic E-state index is 12.3. The lowest BCUT2D eigenvalue weighted by Gasteiger charge is -2.35. The lowest BCUT2D eigenvalue weighted by Crippen LogP contribution is -2.41. The fourth-order valence-electron chi connectivity index (χ4n) is 2.39. The second-order valence-corrected chi connectivity index (χ2v) is 7.65. The molecule has 0 bridgehead atoms. The molecule has 2 aromatic rings. The van der Waals surface area contributed by atoms with Gasteiger partial charge in [0.25, 0.3) is 0 Å². The van der Waals surface area contributed by atoms with E-state index in [1.165, 1.54) is 11.1 Å². The minimum absolute atomic E-state index is 0.0431. The first-order valence-electron chi connectivity index (χ1n) is 7.73. The van der Waals surface area contributed by atoms with Crippen LogP contribution in [0.25, 0.3) is 0 Å². The van der Waals surface area contributed by atoms with Crippen LogP contribution in [0.3, 0.4) is 0 Å². The Kier molecular flexibility index (Phi) is 5.54. The normalized spacial score (nSPS) is 11.9. The van der Waals surface area contributed by atoms with Gasteiger partial charge in [0.05, 0.1) is 4.88 Å². The molecule has 0 aliphatic heterocycles. The average molecular weight is 315 g/mol. The number of hydrogen-bond acceptors (Lipinski definition) is 3. The predicted molar refractivity (Wildman–Crippen MR) is 94.6 cm³/mol. The zero-order valence-electron chi connectivity index (χ0n) is 13.9. The Hall–Kier alpha value is -1.45. The fourth-order valence-corrected chi connectivity index (χ4v) is 3.26. The van der Waals surface area contributed by atoms with Crippen molar-refractivity contribution in [3.05, 3.63) is 57.8 Å². The van der Waals surface area contributed by atoms with Crippen molar-refractivity contribution in [2.24, 2.45) is 0 Å². The largest absolute Gasteiger partial charge is 0.294 e. The Morgan fingerprint density at radius 3 is 2.41 bits per heavy atom. The van der Waals surface area contributed by atoms with Crippen molar-refractivity contribution in [1.82, 2.24) is 4.90 Å². The summed E-state index contributed by atoms with van der Waals surface area (Å²) in [7, 11) is 0. The maximum Gasteiger partial charge on any atom is 0.174 e. The van der Waals surface area contributed by atoms with Crippen molar-refractivity contribution in [3.63, 3.8) is 0 Å². The summed E-state index contributed by atoms with van der Waals surface area (Å²) in [6.45, 7) is 10.3. The minimum Gasteiger partial charge on any atom is -0.294 e. The number of hydrogen-bond donors (Lipinski definition) is 0. The van der Waals surface area contributed by atoms with Gasteiger partial charge < -0.3 is 0 Å². The van der Waals surface area contributed by atoms with E-state index >= 15 is 0 Å². The molecule has 0 aliphatic rings. The number of carbonyl (C=O) groups is 1. The Labute approximate surface area is 137 Å². The zero-order chi connectivity index (χ0) is 16.2. The van der Waals surface area contributed by atoms with E-state index in [0.29, 0.717) is 6.42 Å². The summed E-state index contributed by atoms with van der Waals surface area (Å²) in [6, 6.07) is 12.4. The van der Waals surface area contributed by atoms with Gasteiger partial charge in [0.1, 0.15) is 0 Å². The van der Waals surface area contributed by atoms with Crippen molar-refractivity contribution in [2.45, 2.75) is 46.2 Å². The van der Waals surface area contributed by atoms with Gasteiger partial charge in [-0.1, -0.05) is 30.3 Å². The Morgan fingerprint density at radius 2 is 1.86 bits per heavy atom. The summed E-state index contributed by atoms with van der Waals surface area (Å²) < 4.78 is 0. The monoisotopic (exact) mass is 315 g/mol. The number of Topliss-reactive ketones (excluding diaryl/α,β-unsaturated/α-hetero) is 1. The quantitative estimate of drug-likeness (QED) is 0.704. The van der Waals surface area contributed by atoms with Gasteiger partial charge >= 0.3 is 0 Å². The lowest BCUT2D eigenvalue weighted by molar-refractivity contribution is 0.0900. The second-order valence-electron chi connectivity index (χ2n) is 6.74. The van der Waals surface area contributed by atoms with Crippen LogP contribution >= 0.6 is 11.3 Å². The van der Waals surface area contributed by atoms with Crippen LogP contribution in [0, 0.1) is 6.92 Å². The first-order valence-corrected chi connectivity index (χ1v) is 8.61. The standard InChI is InChI=1S/C19H25NOS/c1-15-12-18(22-14-15)17(21)10-11-20(19(2,3)4)13-16-8-6-5-7-9-16/h5-9,12,14H,10-11,13H2,1-4H3. The third kappa shape index (κ3) is 4.79. The molecule has 2 nitrogen and oxygen atoms in total. The smallest absolute Gasteiger partial charge is 0.174 e. The summed E-state index contributed by atoms with van der Waals surface area (Å²) in [5.74, 6) is 0.250. The summed E-state index contributed by atoms with van der Waals surface area (Å²) in [6.07, 6.45) is 0.573. The fraction of sp³-hybridized carbons (Fsp3) is 0.421. The molecule has 0 spiro atoms.